The van der Waals surface area contributed by atoms with E-state index in [4.69, 9.17) is 0 Å². The van der Waals surface area contributed by atoms with Crippen molar-refractivity contribution in [1.29, 1.82) is 0 Å². The first-order valence-corrected chi connectivity index (χ1v) is 1.58. The third kappa shape index (κ3) is 1.77. The van der Waals surface area contributed by atoms with Crippen LogP contribution in [0.2, 0.25) is 0 Å². The van der Waals surface area contributed by atoms with Crippen LogP contribution in [0.5, 0.6) is 0 Å². The minimum atomic E-state index is 0. The maximum atomic E-state index is 3.42. The van der Waals surface area contributed by atoms with Crippen LogP contribution in [0.25, 0.3) is 0 Å². The van der Waals surface area contributed by atoms with Gasteiger partial charge in [-0.15, -0.1) is 10.2 Å². The van der Waals surface area contributed by atoms with Gasteiger partial charge in [0.2, 0.25) is 0 Å². The van der Waals surface area contributed by atoms with Crippen LogP contribution in [0.3, 0.4) is 0 Å². The molecule has 1 heterocycles. The lowest BCUT2D eigenvalue weighted by atomic mass is 10.7. The van der Waals surface area contributed by atoms with Gasteiger partial charge in [-0.1, -0.05) is 0 Å². The van der Waals surface area contributed by atoms with Crippen LogP contribution in [-0.2, 0) is 0 Å². The van der Waals surface area contributed by atoms with Crippen LogP contribution >= 0.6 is 0 Å². The highest BCUT2D eigenvalue weighted by Crippen LogP contribution is 1.61. The van der Waals surface area contributed by atoms with Gasteiger partial charge >= 0.3 is 0 Å². The predicted molar refractivity (Wildman–Crippen MR) is 22.0 cm³/mol. The van der Waals surface area contributed by atoms with Gasteiger partial charge in [-0.25, -0.2) is 0 Å². The Labute approximate surface area is 41.2 Å². The monoisotopic (exact) mass is 95.0 g/mol. The van der Waals surface area contributed by atoms with E-state index in [2.05, 4.69) is 15.4 Å². The van der Waals surface area contributed by atoms with Crippen molar-refractivity contribution in [3.05, 3.63) is 18.5 Å². The van der Waals surface area contributed by atoms with E-state index in [1.54, 1.807) is 18.5 Å². The highest BCUT2D eigenvalue weighted by molar-refractivity contribution is 4.69. The van der Waals surface area contributed by atoms with Crippen molar-refractivity contribution in [2.24, 2.45) is 0 Å². The zero-order valence-electron chi connectivity index (χ0n) is 3.52. The van der Waals surface area contributed by atoms with Crippen molar-refractivity contribution in [3.8, 4) is 0 Å². The molecule has 1 aromatic rings. The molecular weight excluding hydrogens is 92.1 g/mol. The standard InChI is InChI=1S/C3H3N3.N/c1-2-4-6-5-3-1;/h1-3H;. The third-order valence-corrected chi connectivity index (χ3v) is 0.409. The highest BCUT2D eigenvalue weighted by atomic mass is 15.3. The Hall–Kier alpha value is -1.03. The second-order valence-electron chi connectivity index (χ2n) is 0.811. The van der Waals surface area contributed by atoms with Crippen molar-refractivity contribution < 1.29 is 0 Å². The van der Waals surface area contributed by atoms with Gasteiger partial charge in [-0.2, -0.15) is 0 Å². The Balaban J connectivity index is 0.000000360. The Bertz CT molecular complexity index is 78.9. The highest BCUT2D eigenvalue weighted by Gasteiger charge is 1.60. The van der Waals surface area contributed by atoms with Crippen LogP contribution in [0, 0.1) is 0 Å². The van der Waals surface area contributed by atoms with Crippen molar-refractivity contribution in [3.63, 3.8) is 0 Å². The summed E-state index contributed by atoms with van der Waals surface area (Å²) in [4.78, 5) is 0. The Kier molecular flexibility index (Phi) is 2.70. The molecule has 4 heteroatoms. The fourth-order valence-corrected chi connectivity index (χ4v) is 0.205. The van der Waals surface area contributed by atoms with Gasteiger partial charge < -0.3 is 0 Å². The molecule has 0 amide bonds. The fraction of sp³-hybridized carbons (Fsp3) is 0. The summed E-state index contributed by atoms with van der Waals surface area (Å²) in [5.41, 5.74) is 0. The Morgan fingerprint density at radius 2 is 1.57 bits per heavy atom. The number of rotatable bonds is 0. The summed E-state index contributed by atoms with van der Waals surface area (Å²) in [5.74, 6) is 0. The average Bonchev–Trinajstić information content (AvgIpc) is 1.72. The zero-order valence-corrected chi connectivity index (χ0v) is 3.52. The first-order chi connectivity index (χ1) is 3.00. The SMILES string of the molecule is [N].c1cnnnc1. The van der Waals surface area contributed by atoms with E-state index in [0.717, 1.165) is 0 Å². The Morgan fingerprint density at radius 1 is 1.00 bits per heavy atom. The van der Waals surface area contributed by atoms with Crippen molar-refractivity contribution in [1.82, 2.24) is 21.6 Å². The van der Waals surface area contributed by atoms with Crippen LogP contribution in [-0.4, -0.2) is 15.4 Å². The average molecular weight is 95.1 g/mol. The van der Waals surface area contributed by atoms with Gasteiger partial charge in [0.15, 0.2) is 0 Å². The maximum Gasteiger partial charge on any atom is 0.0529 e. The predicted octanol–water partition coefficient (Wildman–Crippen LogP) is -0.609. The zero-order chi connectivity index (χ0) is 4.24. The summed E-state index contributed by atoms with van der Waals surface area (Å²) in [7, 11) is 0. The van der Waals surface area contributed by atoms with Crippen LogP contribution < -0.4 is 6.15 Å². The second-order valence-corrected chi connectivity index (χ2v) is 0.811. The van der Waals surface area contributed by atoms with E-state index in [0.29, 0.717) is 0 Å². The smallest absolute Gasteiger partial charge is 0.0529 e. The molecule has 0 aromatic carbocycles. The van der Waals surface area contributed by atoms with Crippen LogP contribution in [0.4, 0.5) is 0 Å². The molecule has 0 aliphatic heterocycles. The van der Waals surface area contributed by atoms with E-state index >= 15 is 0 Å². The van der Waals surface area contributed by atoms with Gasteiger partial charge in [0.1, 0.15) is 0 Å². The second kappa shape index (κ2) is 3.17. The van der Waals surface area contributed by atoms with E-state index in [1.807, 2.05) is 0 Å². The molecule has 3 radical (unpaired) electrons. The van der Waals surface area contributed by atoms with Gasteiger partial charge in [0.05, 0.1) is 12.4 Å². The summed E-state index contributed by atoms with van der Waals surface area (Å²) in [6, 6.07) is 1.72. The third-order valence-electron chi connectivity index (χ3n) is 0.409. The maximum absolute atomic E-state index is 3.42. The molecule has 0 N–H and O–H groups in total. The summed E-state index contributed by atoms with van der Waals surface area (Å²) in [6.07, 6.45) is 3.15. The first-order valence-electron chi connectivity index (χ1n) is 1.58. The molecule has 0 aliphatic rings. The molecule has 7 heavy (non-hydrogen) atoms. The molecule has 0 atom stereocenters. The summed E-state index contributed by atoms with van der Waals surface area (Å²) in [6.45, 7) is 0. The topological polar surface area (TPSA) is 69.2 Å². The molecule has 1 rings (SSSR count). The molecule has 0 aliphatic carbocycles. The quantitative estimate of drug-likeness (QED) is 0.431. The molecular formula is C3H3N4. The lowest BCUT2D eigenvalue weighted by Gasteiger charge is -1.68. The molecule has 1 aromatic heterocycles. The van der Waals surface area contributed by atoms with E-state index in [-0.39, 0.29) is 6.15 Å². The Morgan fingerprint density at radius 3 is 1.71 bits per heavy atom. The summed E-state index contributed by atoms with van der Waals surface area (Å²) >= 11 is 0. The molecule has 0 fully saturated rings. The van der Waals surface area contributed by atoms with Gasteiger partial charge in [-0.3, -0.25) is 0 Å². The normalized spacial score (nSPS) is 6.86. The fourth-order valence-electron chi connectivity index (χ4n) is 0.205. The molecule has 0 unspecified atom stereocenters. The lowest BCUT2D eigenvalue weighted by molar-refractivity contribution is 0.865. The molecule has 0 saturated carbocycles. The first kappa shape index (κ1) is 5.97. The lowest BCUT2D eigenvalue weighted by Crippen LogP contribution is -1.78. The van der Waals surface area contributed by atoms with Gasteiger partial charge in [0.25, 0.3) is 0 Å². The van der Waals surface area contributed by atoms with Crippen molar-refractivity contribution in [2.75, 3.05) is 0 Å². The molecule has 35 valence electrons. The van der Waals surface area contributed by atoms with Gasteiger partial charge in [-0.05, 0) is 11.3 Å². The summed E-state index contributed by atoms with van der Waals surface area (Å²) < 4.78 is 0. The van der Waals surface area contributed by atoms with E-state index in [1.165, 1.54) is 0 Å². The van der Waals surface area contributed by atoms with Crippen molar-refractivity contribution >= 4 is 0 Å². The summed E-state index contributed by atoms with van der Waals surface area (Å²) in [5, 5.41) is 10.1. The van der Waals surface area contributed by atoms with E-state index < -0.39 is 0 Å². The van der Waals surface area contributed by atoms with E-state index in [9.17, 15) is 0 Å². The molecule has 4 nitrogen and oxygen atoms in total. The van der Waals surface area contributed by atoms with Crippen molar-refractivity contribution in [2.45, 2.75) is 0 Å². The largest absolute Gasteiger partial charge is 0.139 e. The molecule has 0 spiro atoms. The molecule has 0 saturated heterocycles. The number of hydrogen-bond donors (Lipinski definition) is 0. The minimum Gasteiger partial charge on any atom is -0.139 e. The number of nitrogens with zero attached hydrogens (tertiary/aromatic N) is 4. The minimum absolute atomic E-state index is 0. The number of aromatic nitrogens is 3. The van der Waals surface area contributed by atoms with Crippen LogP contribution in [0.15, 0.2) is 18.5 Å². The molecule has 0 bridgehead atoms. The van der Waals surface area contributed by atoms with Gasteiger partial charge in [0, 0.05) is 6.15 Å². The van der Waals surface area contributed by atoms with Crippen LogP contribution in [0.1, 0.15) is 0 Å². The number of hydrogen-bond acceptors (Lipinski definition) is 3.